The monoisotopic (exact) mass is 351 g/mol. The molecule has 26 heavy (non-hydrogen) atoms. The molecular formula is C17H14FN7O. The number of aromatic nitrogens is 6. The van der Waals surface area contributed by atoms with Crippen molar-refractivity contribution in [2.24, 2.45) is 0 Å². The molecule has 0 aliphatic carbocycles. The Morgan fingerprint density at radius 2 is 2.04 bits per heavy atom. The fourth-order valence-electron chi connectivity index (χ4n) is 2.58. The van der Waals surface area contributed by atoms with Crippen LogP contribution < -0.4 is 5.32 Å². The number of benzene rings is 2. The number of rotatable bonds is 5. The maximum Gasteiger partial charge on any atom is 0.246 e. The standard InChI is InChI=1S/C17H14FN7O/c1-11-14(7-4-8-15(11)25-10-20-23-24-25)19-9-16-21-17(22-26-16)12-5-2-3-6-13(12)18/h2-8,10,19H,9H2,1H3. The third kappa shape index (κ3) is 3.02. The predicted molar refractivity (Wildman–Crippen MR) is 90.9 cm³/mol. The lowest BCUT2D eigenvalue weighted by molar-refractivity contribution is 0.384. The van der Waals surface area contributed by atoms with E-state index in [0.717, 1.165) is 16.9 Å². The number of nitrogens with zero attached hydrogens (tertiary/aromatic N) is 6. The molecule has 2 aromatic carbocycles. The van der Waals surface area contributed by atoms with Crippen LogP contribution in [-0.4, -0.2) is 30.3 Å². The second-order valence-corrected chi connectivity index (χ2v) is 5.55. The van der Waals surface area contributed by atoms with Crippen LogP contribution in [0.25, 0.3) is 17.1 Å². The molecule has 0 bridgehead atoms. The molecule has 4 aromatic rings. The summed E-state index contributed by atoms with van der Waals surface area (Å²) >= 11 is 0. The zero-order valence-corrected chi connectivity index (χ0v) is 13.8. The van der Waals surface area contributed by atoms with Crippen molar-refractivity contribution in [1.82, 2.24) is 30.3 Å². The molecule has 1 N–H and O–H groups in total. The Labute approximate surface area is 147 Å². The van der Waals surface area contributed by atoms with Crippen LogP contribution in [0.5, 0.6) is 0 Å². The summed E-state index contributed by atoms with van der Waals surface area (Å²) in [6, 6.07) is 12.0. The molecule has 0 unspecified atom stereocenters. The van der Waals surface area contributed by atoms with Crippen LogP contribution in [0.4, 0.5) is 10.1 Å². The number of hydrogen-bond acceptors (Lipinski definition) is 7. The van der Waals surface area contributed by atoms with Crippen LogP contribution in [0.1, 0.15) is 11.5 Å². The summed E-state index contributed by atoms with van der Waals surface area (Å²) < 4.78 is 20.6. The van der Waals surface area contributed by atoms with Crippen molar-refractivity contribution in [3.8, 4) is 17.1 Å². The highest BCUT2D eigenvalue weighted by molar-refractivity contribution is 5.59. The minimum absolute atomic E-state index is 0.221. The Kier molecular flexibility index (Phi) is 4.10. The van der Waals surface area contributed by atoms with Crippen LogP contribution >= 0.6 is 0 Å². The predicted octanol–water partition coefficient (Wildman–Crippen LogP) is 2.77. The highest BCUT2D eigenvalue weighted by Crippen LogP contribution is 2.23. The van der Waals surface area contributed by atoms with Gasteiger partial charge in [-0.1, -0.05) is 23.4 Å². The maximum absolute atomic E-state index is 13.8. The van der Waals surface area contributed by atoms with E-state index in [0.29, 0.717) is 18.0 Å². The first kappa shape index (κ1) is 15.9. The first-order valence-corrected chi connectivity index (χ1v) is 7.86. The SMILES string of the molecule is Cc1c(NCc2nc(-c3ccccc3F)no2)cccc1-n1cnnn1. The lowest BCUT2D eigenvalue weighted by Crippen LogP contribution is -2.05. The molecule has 0 atom stereocenters. The number of nitrogens with one attached hydrogen (secondary N) is 1. The first-order valence-electron chi connectivity index (χ1n) is 7.86. The molecule has 4 rings (SSSR count). The van der Waals surface area contributed by atoms with Crippen molar-refractivity contribution < 1.29 is 8.91 Å². The van der Waals surface area contributed by atoms with E-state index in [1.54, 1.807) is 22.9 Å². The van der Waals surface area contributed by atoms with Crippen molar-refractivity contribution in [1.29, 1.82) is 0 Å². The molecule has 0 amide bonds. The fraction of sp³-hybridized carbons (Fsp3) is 0.118. The van der Waals surface area contributed by atoms with Gasteiger partial charge in [-0.25, -0.2) is 9.07 Å². The Morgan fingerprint density at radius 3 is 2.85 bits per heavy atom. The van der Waals surface area contributed by atoms with E-state index in [4.69, 9.17) is 4.52 Å². The van der Waals surface area contributed by atoms with Gasteiger partial charge in [0.05, 0.1) is 17.8 Å². The summed E-state index contributed by atoms with van der Waals surface area (Å²) in [5, 5.41) is 18.3. The van der Waals surface area contributed by atoms with Crippen molar-refractivity contribution >= 4 is 5.69 Å². The molecular weight excluding hydrogens is 337 g/mol. The van der Waals surface area contributed by atoms with Gasteiger partial charge in [0, 0.05) is 5.69 Å². The quantitative estimate of drug-likeness (QED) is 0.591. The molecule has 9 heteroatoms. The van der Waals surface area contributed by atoms with E-state index in [9.17, 15) is 4.39 Å². The van der Waals surface area contributed by atoms with Gasteiger partial charge in [0.2, 0.25) is 11.7 Å². The fourth-order valence-corrected chi connectivity index (χ4v) is 2.58. The summed E-state index contributed by atoms with van der Waals surface area (Å²) in [6.07, 6.45) is 1.53. The van der Waals surface area contributed by atoms with Gasteiger partial charge in [0.25, 0.3) is 0 Å². The van der Waals surface area contributed by atoms with Crippen molar-refractivity contribution in [3.63, 3.8) is 0 Å². The molecule has 0 aliphatic heterocycles. The third-order valence-electron chi connectivity index (χ3n) is 3.91. The molecule has 0 spiro atoms. The Morgan fingerprint density at radius 1 is 1.15 bits per heavy atom. The van der Waals surface area contributed by atoms with Gasteiger partial charge in [-0.3, -0.25) is 0 Å². The van der Waals surface area contributed by atoms with E-state index in [2.05, 4.69) is 31.0 Å². The highest BCUT2D eigenvalue weighted by Gasteiger charge is 2.13. The van der Waals surface area contributed by atoms with Crippen molar-refractivity contribution in [3.05, 3.63) is 66.1 Å². The van der Waals surface area contributed by atoms with Crippen LogP contribution in [0.2, 0.25) is 0 Å². The Hall–Kier alpha value is -3.62. The van der Waals surface area contributed by atoms with Gasteiger partial charge in [0.1, 0.15) is 12.1 Å². The second kappa shape index (κ2) is 6.71. The van der Waals surface area contributed by atoms with Gasteiger partial charge in [-0.05, 0) is 47.2 Å². The second-order valence-electron chi connectivity index (χ2n) is 5.55. The molecule has 0 aliphatic rings. The summed E-state index contributed by atoms with van der Waals surface area (Å²) in [7, 11) is 0. The molecule has 2 heterocycles. The lowest BCUT2D eigenvalue weighted by Gasteiger charge is -2.11. The van der Waals surface area contributed by atoms with Gasteiger partial charge in [-0.15, -0.1) is 5.10 Å². The minimum Gasteiger partial charge on any atom is -0.376 e. The van der Waals surface area contributed by atoms with Crippen LogP contribution in [0.3, 0.4) is 0 Å². The number of halogens is 1. The smallest absolute Gasteiger partial charge is 0.246 e. The van der Waals surface area contributed by atoms with Gasteiger partial charge in [-0.2, -0.15) is 4.98 Å². The topological polar surface area (TPSA) is 94.6 Å². The highest BCUT2D eigenvalue weighted by atomic mass is 19.1. The molecule has 0 saturated carbocycles. The first-order chi connectivity index (χ1) is 12.7. The van der Waals surface area contributed by atoms with E-state index in [1.807, 2.05) is 25.1 Å². The minimum atomic E-state index is -0.391. The normalized spacial score (nSPS) is 10.8. The van der Waals surface area contributed by atoms with E-state index in [-0.39, 0.29) is 5.82 Å². The van der Waals surface area contributed by atoms with E-state index < -0.39 is 5.82 Å². The molecule has 0 saturated heterocycles. The number of anilines is 1. The van der Waals surface area contributed by atoms with Crippen LogP contribution in [0, 0.1) is 12.7 Å². The van der Waals surface area contributed by atoms with Crippen LogP contribution in [-0.2, 0) is 6.54 Å². The largest absolute Gasteiger partial charge is 0.376 e. The molecule has 130 valence electrons. The average Bonchev–Trinajstić information content (AvgIpc) is 3.33. The summed E-state index contributed by atoms with van der Waals surface area (Å²) in [4.78, 5) is 4.24. The summed E-state index contributed by atoms with van der Waals surface area (Å²) in [6.45, 7) is 2.26. The Balaban J connectivity index is 1.52. The van der Waals surface area contributed by atoms with Gasteiger partial charge in [0.15, 0.2) is 0 Å². The van der Waals surface area contributed by atoms with Gasteiger partial charge >= 0.3 is 0 Å². The summed E-state index contributed by atoms with van der Waals surface area (Å²) in [5.41, 5.74) is 3.01. The lowest BCUT2D eigenvalue weighted by atomic mass is 10.1. The van der Waals surface area contributed by atoms with Crippen LogP contribution in [0.15, 0.2) is 53.3 Å². The van der Waals surface area contributed by atoms with E-state index in [1.165, 1.54) is 12.4 Å². The molecule has 0 fully saturated rings. The zero-order valence-electron chi connectivity index (χ0n) is 13.8. The summed E-state index contributed by atoms with van der Waals surface area (Å²) in [5.74, 6) is 0.187. The molecule has 2 aromatic heterocycles. The molecule has 8 nitrogen and oxygen atoms in total. The van der Waals surface area contributed by atoms with E-state index >= 15 is 0 Å². The maximum atomic E-state index is 13.8. The number of tetrazole rings is 1. The van der Waals surface area contributed by atoms with Gasteiger partial charge < -0.3 is 9.84 Å². The van der Waals surface area contributed by atoms with Crippen molar-refractivity contribution in [2.45, 2.75) is 13.5 Å². The van der Waals surface area contributed by atoms with Crippen molar-refractivity contribution in [2.75, 3.05) is 5.32 Å². The third-order valence-corrected chi connectivity index (χ3v) is 3.91. The zero-order chi connectivity index (χ0) is 17.9. The Bertz CT molecular complexity index is 1030. The number of hydrogen-bond donors (Lipinski definition) is 1. The molecule has 0 radical (unpaired) electrons. The average molecular weight is 351 g/mol.